The molecule has 10 nitrogen and oxygen atoms in total. The number of esters is 3. The van der Waals surface area contributed by atoms with E-state index in [2.05, 4.69) is 6.58 Å². The standard InChI is InChI=1S/C15H22O10/c1-5-6-21-14-15(19,20)13(24-10(4)18)12(23-9(3)17)11(25-14)7-22-8(2)16/h5,11-14,19-20H,1,6-7H2,2-4H3. The van der Waals surface area contributed by atoms with E-state index in [9.17, 15) is 24.6 Å². The van der Waals surface area contributed by atoms with Gasteiger partial charge in [-0.25, -0.2) is 0 Å². The molecule has 0 radical (unpaired) electrons. The van der Waals surface area contributed by atoms with Crippen LogP contribution in [0.1, 0.15) is 20.8 Å². The molecule has 0 spiro atoms. The Labute approximate surface area is 144 Å². The summed E-state index contributed by atoms with van der Waals surface area (Å²) in [6.45, 7) is 6.19. The Morgan fingerprint density at radius 2 is 1.72 bits per heavy atom. The zero-order valence-electron chi connectivity index (χ0n) is 14.2. The number of hydrogen-bond donors (Lipinski definition) is 2. The second-order valence-corrected chi connectivity index (χ2v) is 5.32. The van der Waals surface area contributed by atoms with Crippen LogP contribution in [0.25, 0.3) is 0 Å². The Balaban J connectivity index is 3.17. The van der Waals surface area contributed by atoms with Crippen molar-refractivity contribution in [1.29, 1.82) is 0 Å². The average molecular weight is 362 g/mol. The molecule has 0 bridgehead atoms. The van der Waals surface area contributed by atoms with Gasteiger partial charge in [-0.15, -0.1) is 6.58 Å². The second kappa shape index (κ2) is 8.90. The summed E-state index contributed by atoms with van der Waals surface area (Å²) in [7, 11) is 0. The molecule has 0 aliphatic carbocycles. The van der Waals surface area contributed by atoms with Crippen molar-refractivity contribution >= 4 is 17.9 Å². The molecule has 0 aromatic heterocycles. The van der Waals surface area contributed by atoms with Gasteiger partial charge in [0.1, 0.15) is 12.7 Å². The maximum Gasteiger partial charge on any atom is 0.303 e. The van der Waals surface area contributed by atoms with Crippen molar-refractivity contribution in [2.45, 2.75) is 51.2 Å². The van der Waals surface area contributed by atoms with Gasteiger partial charge in [-0.1, -0.05) is 6.08 Å². The summed E-state index contributed by atoms with van der Waals surface area (Å²) < 4.78 is 25.3. The predicted molar refractivity (Wildman–Crippen MR) is 79.7 cm³/mol. The lowest BCUT2D eigenvalue weighted by atomic mass is 9.95. The summed E-state index contributed by atoms with van der Waals surface area (Å²) in [5.74, 6) is -5.12. The molecular weight excluding hydrogens is 340 g/mol. The van der Waals surface area contributed by atoms with Crippen molar-refractivity contribution < 1.29 is 48.3 Å². The monoisotopic (exact) mass is 362 g/mol. The topological polar surface area (TPSA) is 138 Å². The van der Waals surface area contributed by atoms with Crippen LogP contribution in [0, 0.1) is 0 Å². The molecule has 2 N–H and O–H groups in total. The van der Waals surface area contributed by atoms with Crippen molar-refractivity contribution in [3.63, 3.8) is 0 Å². The molecule has 1 aliphatic rings. The third-order valence-electron chi connectivity index (χ3n) is 3.14. The Hall–Kier alpha value is -2.01. The van der Waals surface area contributed by atoms with E-state index in [1.165, 1.54) is 6.08 Å². The van der Waals surface area contributed by atoms with E-state index in [1.807, 2.05) is 0 Å². The highest BCUT2D eigenvalue weighted by Crippen LogP contribution is 2.33. The molecule has 0 amide bonds. The van der Waals surface area contributed by atoms with E-state index in [-0.39, 0.29) is 6.61 Å². The van der Waals surface area contributed by atoms with Crippen LogP contribution in [0.4, 0.5) is 0 Å². The van der Waals surface area contributed by atoms with Gasteiger partial charge in [0.15, 0.2) is 12.2 Å². The number of carbonyl (C=O) groups is 3. The third kappa shape index (κ3) is 5.78. The fourth-order valence-corrected chi connectivity index (χ4v) is 2.22. The molecule has 0 aromatic carbocycles. The first-order valence-electron chi connectivity index (χ1n) is 7.40. The van der Waals surface area contributed by atoms with Crippen molar-refractivity contribution in [3.8, 4) is 0 Å². The Morgan fingerprint density at radius 1 is 1.12 bits per heavy atom. The van der Waals surface area contributed by atoms with Crippen molar-refractivity contribution in [2.75, 3.05) is 13.2 Å². The van der Waals surface area contributed by atoms with Crippen molar-refractivity contribution in [2.24, 2.45) is 0 Å². The lowest BCUT2D eigenvalue weighted by molar-refractivity contribution is -0.403. The van der Waals surface area contributed by atoms with Gasteiger partial charge in [-0.2, -0.15) is 0 Å². The minimum Gasteiger partial charge on any atom is -0.463 e. The number of aliphatic hydroxyl groups is 2. The smallest absolute Gasteiger partial charge is 0.303 e. The van der Waals surface area contributed by atoms with Gasteiger partial charge in [0.25, 0.3) is 5.79 Å². The maximum absolute atomic E-state index is 11.4. The quantitative estimate of drug-likeness (QED) is 0.251. The SMILES string of the molecule is C=CCOC1OC(COC(C)=O)C(OC(C)=O)C(OC(C)=O)C1(O)O. The molecule has 1 aliphatic heterocycles. The lowest BCUT2D eigenvalue weighted by Gasteiger charge is -2.46. The molecule has 1 fully saturated rings. The molecule has 1 rings (SSSR count). The first-order chi connectivity index (χ1) is 11.6. The molecule has 1 saturated heterocycles. The first kappa shape index (κ1) is 21.0. The molecule has 10 heteroatoms. The normalized spacial score (nSPS) is 27.9. The fourth-order valence-electron chi connectivity index (χ4n) is 2.22. The molecular formula is C15H22O10. The van der Waals surface area contributed by atoms with E-state index in [0.29, 0.717) is 0 Å². The zero-order chi connectivity index (χ0) is 19.2. The van der Waals surface area contributed by atoms with E-state index in [4.69, 9.17) is 23.7 Å². The van der Waals surface area contributed by atoms with Crippen LogP contribution in [0.2, 0.25) is 0 Å². The second-order valence-electron chi connectivity index (χ2n) is 5.32. The molecule has 4 atom stereocenters. The summed E-state index contributed by atoms with van der Waals surface area (Å²) in [4.78, 5) is 33.8. The largest absolute Gasteiger partial charge is 0.463 e. The van der Waals surface area contributed by atoms with E-state index >= 15 is 0 Å². The van der Waals surface area contributed by atoms with Gasteiger partial charge in [0, 0.05) is 20.8 Å². The minimum absolute atomic E-state index is 0.112. The van der Waals surface area contributed by atoms with Crippen LogP contribution in [-0.2, 0) is 38.1 Å². The predicted octanol–water partition coefficient (Wildman–Crippen LogP) is -0.979. The van der Waals surface area contributed by atoms with Crippen LogP contribution >= 0.6 is 0 Å². The third-order valence-corrected chi connectivity index (χ3v) is 3.14. The van der Waals surface area contributed by atoms with E-state index in [1.54, 1.807) is 0 Å². The highest BCUT2D eigenvalue weighted by Gasteiger charge is 2.59. The van der Waals surface area contributed by atoms with Crippen LogP contribution in [0.15, 0.2) is 12.7 Å². The van der Waals surface area contributed by atoms with Crippen LogP contribution in [-0.4, -0.2) is 71.7 Å². The zero-order valence-corrected chi connectivity index (χ0v) is 14.2. The Bertz CT molecular complexity index is 514. The van der Waals surface area contributed by atoms with Gasteiger partial charge in [-0.05, 0) is 0 Å². The lowest BCUT2D eigenvalue weighted by Crippen LogP contribution is -2.69. The Morgan fingerprint density at radius 3 is 2.20 bits per heavy atom. The average Bonchev–Trinajstić information content (AvgIpc) is 2.48. The number of rotatable bonds is 7. The summed E-state index contributed by atoms with van der Waals surface area (Å²) in [6, 6.07) is 0. The summed E-state index contributed by atoms with van der Waals surface area (Å²) in [5, 5.41) is 20.7. The molecule has 1 heterocycles. The van der Waals surface area contributed by atoms with Gasteiger partial charge < -0.3 is 33.9 Å². The van der Waals surface area contributed by atoms with Crippen molar-refractivity contribution in [1.82, 2.24) is 0 Å². The van der Waals surface area contributed by atoms with Gasteiger partial charge in [0.05, 0.1) is 6.61 Å². The van der Waals surface area contributed by atoms with Crippen molar-refractivity contribution in [3.05, 3.63) is 12.7 Å². The van der Waals surface area contributed by atoms with Crippen LogP contribution in [0.3, 0.4) is 0 Å². The minimum atomic E-state index is -2.83. The summed E-state index contributed by atoms with van der Waals surface area (Å²) in [5.41, 5.74) is 0. The number of carbonyl (C=O) groups excluding carboxylic acids is 3. The highest BCUT2D eigenvalue weighted by atomic mass is 16.8. The Kier molecular flexibility index (Phi) is 7.49. The summed E-state index contributed by atoms with van der Waals surface area (Å²) in [6.07, 6.45) is -4.70. The molecule has 0 aromatic rings. The summed E-state index contributed by atoms with van der Waals surface area (Å²) >= 11 is 0. The number of hydrogen-bond acceptors (Lipinski definition) is 10. The maximum atomic E-state index is 11.4. The molecule has 4 unspecified atom stereocenters. The van der Waals surface area contributed by atoms with Crippen LogP contribution in [0.5, 0.6) is 0 Å². The van der Waals surface area contributed by atoms with E-state index in [0.717, 1.165) is 20.8 Å². The van der Waals surface area contributed by atoms with Gasteiger partial charge in [-0.3, -0.25) is 14.4 Å². The first-order valence-corrected chi connectivity index (χ1v) is 7.40. The molecule has 25 heavy (non-hydrogen) atoms. The van der Waals surface area contributed by atoms with Crippen LogP contribution < -0.4 is 0 Å². The molecule has 142 valence electrons. The van der Waals surface area contributed by atoms with Gasteiger partial charge >= 0.3 is 17.9 Å². The van der Waals surface area contributed by atoms with E-state index < -0.39 is 54.9 Å². The molecule has 0 saturated carbocycles. The fraction of sp³-hybridized carbons (Fsp3) is 0.667. The highest BCUT2D eigenvalue weighted by molar-refractivity contribution is 5.68. The number of ether oxygens (including phenoxy) is 5. The van der Waals surface area contributed by atoms with Gasteiger partial charge in [0.2, 0.25) is 6.29 Å².